The molecule has 0 atom stereocenters. The van der Waals surface area contributed by atoms with Crippen molar-refractivity contribution in [1.29, 1.82) is 0 Å². The molecule has 1 N–H and O–H groups in total. The second-order valence-corrected chi connectivity index (χ2v) is 4.32. The summed E-state index contributed by atoms with van der Waals surface area (Å²) < 4.78 is 28.7. The first-order chi connectivity index (χ1) is 9.40. The average molecular weight is 279 g/mol. The van der Waals surface area contributed by atoms with Crippen molar-refractivity contribution in [2.24, 2.45) is 0 Å². The Balaban J connectivity index is 2.68. The van der Waals surface area contributed by atoms with Crippen molar-refractivity contribution in [2.45, 2.75) is 13.3 Å². The molecule has 20 heavy (non-hydrogen) atoms. The SMILES string of the molecule is Cc1cc(=O)c(CC(=O)O)cn1-c1c(F)cccc1F. The Hall–Kier alpha value is -2.50. The van der Waals surface area contributed by atoms with E-state index in [2.05, 4.69) is 0 Å². The number of hydrogen-bond acceptors (Lipinski definition) is 2. The lowest BCUT2D eigenvalue weighted by Gasteiger charge is -2.13. The highest BCUT2D eigenvalue weighted by Crippen LogP contribution is 2.19. The smallest absolute Gasteiger partial charge is 0.308 e. The van der Waals surface area contributed by atoms with Crippen molar-refractivity contribution in [3.63, 3.8) is 0 Å². The number of carboxylic acid groups (broad SMARTS) is 1. The molecule has 0 aliphatic rings. The van der Waals surface area contributed by atoms with Gasteiger partial charge in [0.1, 0.15) is 17.3 Å². The molecule has 104 valence electrons. The molecule has 0 amide bonds. The number of aromatic nitrogens is 1. The van der Waals surface area contributed by atoms with Crippen molar-refractivity contribution in [3.05, 3.63) is 63.6 Å². The number of aliphatic carboxylic acids is 1. The third kappa shape index (κ3) is 2.59. The first kappa shape index (κ1) is 13.9. The summed E-state index contributed by atoms with van der Waals surface area (Å²) in [6.45, 7) is 1.51. The monoisotopic (exact) mass is 279 g/mol. The van der Waals surface area contributed by atoms with Gasteiger partial charge in [-0.1, -0.05) is 6.07 Å². The first-order valence-electron chi connectivity index (χ1n) is 5.78. The normalized spacial score (nSPS) is 10.6. The predicted molar refractivity (Wildman–Crippen MR) is 68.0 cm³/mol. The van der Waals surface area contributed by atoms with Crippen molar-refractivity contribution < 1.29 is 18.7 Å². The first-order valence-corrected chi connectivity index (χ1v) is 5.78. The van der Waals surface area contributed by atoms with Crippen LogP contribution in [0.15, 0.2) is 35.3 Å². The van der Waals surface area contributed by atoms with Crippen molar-refractivity contribution >= 4 is 5.97 Å². The van der Waals surface area contributed by atoms with Crippen LogP contribution in [0.2, 0.25) is 0 Å². The van der Waals surface area contributed by atoms with Crippen LogP contribution < -0.4 is 5.43 Å². The summed E-state index contributed by atoms with van der Waals surface area (Å²) >= 11 is 0. The van der Waals surface area contributed by atoms with Crippen LogP contribution in [0.3, 0.4) is 0 Å². The van der Waals surface area contributed by atoms with Gasteiger partial charge in [-0.15, -0.1) is 0 Å². The Labute approximate surface area is 112 Å². The van der Waals surface area contributed by atoms with Crippen LogP contribution in [0.1, 0.15) is 11.3 Å². The molecule has 1 aromatic carbocycles. The lowest BCUT2D eigenvalue weighted by molar-refractivity contribution is -0.136. The minimum absolute atomic E-state index is 0.0363. The molecular formula is C14H11F2NO3. The highest BCUT2D eigenvalue weighted by atomic mass is 19.1. The summed E-state index contributed by atoms with van der Waals surface area (Å²) in [6.07, 6.45) is 0.655. The zero-order valence-electron chi connectivity index (χ0n) is 10.6. The van der Waals surface area contributed by atoms with Gasteiger partial charge in [-0.2, -0.15) is 0 Å². The van der Waals surface area contributed by atoms with E-state index in [0.29, 0.717) is 5.69 Å². The van der Waals surface area contributed by atoms with Crippen molar-refractivity contribution in [1.82, 2.24) is 4.57 Å². The molecule has 6 heteroatoms. The lowest BCUT2D eigenvalue weighted by atomic mass is 10.1. The molecular weight excluding hydrogens is 268 g/mol. The van der Waals surface area contributed by atoms with Crippen LogP contribution >= 0.6 is 0 Å². The molecule has 2 rings (SSSR count). The van der Waals surface area contributed by atoms with E-state index in [9.17, 15) is 18.4 Å². The number of halogens is 2. The zero-order valence-corrected chi connectivity index (χ0v) is 10.6. The largest absolute Gasteiger partial charge is 0.481 e. The van der Waals surface area contributed by atoms with Gasteiger partial charge < -0.3 is 9.67 Å². The molecule has 0 saturated carbocycles. The Morgan fingerprint density at radius 3 is 2.45 bits per heavy atom. The van der Waals surface area contributed by atoms with Gasteiger partial charge in [0.05, 0.1) is 6.42 Å². The predicted octanol–water partition coefficient (Wildman–Crippen LogP) is 2.05. The van der Waals surface area contributed by atoms with E-state index in [1.165, 1.54) is 13.0 Å². The summed E-state index contributed by atoms with van der Waals surface area (Å²) in [5.74, 6) is -2.78. The second-order valence-electron chi connectivity index (χ2n) is 4.32. The Bertz CT molecular complexity index is 717. The third-order valence-electron chi connectivity index (χ3n) is 2.84. The summed E-state index contributed by atoms with van der Waals surface area (Å²) in [5, 5.41) is 8.74. The number of benzene rings is 1. The van der Waals surface area contributed by atoms with Gasteiger partial charge in [0, 0.05) is 23.5 Å². The molecule has 0 bridgehead atoms. The summed E-state index contributed by atoms with van der Waals surface area (Å²) in [7, 11) is 0. The zero-order chi connectivity index (χ0) is 14.9. The van der Waals surface area contributed by atoms with Crippen LogP contribution in [-0.4, -0.2) is 15.6 Å². The van der Waals surface area contributed by atoms with Crippen molar-refractivity contribution in [2.75, 3.05) is 0 Å². The highest BCUT2D eigenvalue weighted by molar-refractivity contribution is 5.70. The third-order valence-corrected chi connectivity index (χ3v) is 2.84. The van der Waals surface area contributed by atoms with Gasteiger partial charge in [0.15, 0.2) is 5.43 Å². The number of aryl methyl sites for hydroxylation is 1. The van der Waals surface area contributed by atoms with Crippen molar-refractivity contribution in [3.8, 4) is 5.69 Å². The molecule has 0 aliphatic heterocycles. The minimum Gasteiger partial charge on any atom is -0.481 e. The number of rotatable bonds is 3. The molecule has 2 aromatic rings. The van der Waals surface area contributed by atoms with E-state index >= 15 is 0 Å². The summed E-state index contributed by atoms with van der Waals surface area (Å²) in [6, 6.07) is 4.56. The molecule has 1 heterocycles. The number of hydrogen-bond donors (Lipinski definition) is 1. The van der Waals surface area contributed by atoms with Crippen LogP contribution in [0.5, 0.6) is 0 Å². The molecule has 0 aliphatic carbocycles. The molecule has 4 nitrogen and oxygen atoms in total. The Morgan fingerprint density at radius 2 is 1.90 bits per heavy atom. The van der Waals surface area contributed by atoms with Gasteiger partial charge in [-0.05, 0) is 19.1 Å². The quantitative estimate of drug-likeness (QED) is 0.935. The van der Waals surface area contributed by atoms with Crippen LogP contribution in [0, 0.1) is 18.6 Å². The molecule has 0 fully saturated rings. The maximum absolute atomic E-state index is 13.8. The number of nitrogens with zero attached hydrogens (tertiary/aromatic N) is 1. The van der Waals surface area contributed by atoms with E-state index in [4.69, 9.17) is 5.11 Å². The number of carboxylic acids is 1. The van der Waals surface area contributed by atoms with Gasteiger partial charge in [-0.25, -0.2) is 8.78 Å². The van der Waals surface area contributed by atoms with Gasteiger partial charge in [0.2, 0.25) is 0 Å². The topological polar surface area (TPSA) is 59.3 Å². The maximum atomic E-state index is 13.8. The fourth-order valence-corrected chi connectivity index (χ4v) is 1.93. The lowest BCUT2D eigenvalue weighted by Crippen LogP contribution is -2.18. The van der Waals surface area contributed by atoms with Gasteiger partial charge in [0.25, 0.3) is 0 Å². The van der Waals surface area contributed by atoms with Crippen LogP contribution in [-0.2, 0) is 11.2 Å². The molecule has 0 unspecified atom stereocenters. The molecule has 1 aromatic heterocycles. The van der Waals surface area contributed by atoms with E-state index in [1.54, 1.807) is 0 Å². The van der Waals surface area contributed by atoms with E-state index in [1.807, 2.05) is 0 Å². The Kier molecular flexibility index (Phi) is 3.65. The summed E-state index contributed by atoms with van der Waals surface area (Å²) in [4.78, 5) is 22.4. The minimum atomic E-state index is -1.19. The van der Waals surface area contributed by atoms with Gasteiger partial charge >= 0.3 is 5.97 Å². The second kappa shape index (κ2) is 5.24. The number of pyridine rings is 1. The van der Waals surface area contributed by atoms with Crippen LogP contribution in [0.25, 0.3) is 5.69 Å². The Morgan fingerprint density at radius 1 is 1.30 bits per heavy atom. The number of carbonyl (C=O) groups is 1. The van der Waals surface area contributed by atoms with Gasteiger partial charge in [-0.3, -0.25) is 9.59 Å². The number of para-hydroxylation sites is 1. The molecule has 0 saturated heterocycles. The average Bonchev–Trinajstić information content (AvgIpc) is 2.33. The summed E-state index contributed by atoms with van der Waals surface area (Å²) in [5.41, 5.74) is -0.534. The van der Waals surface area contributed by atoms with E-state index < -0.39 is 29.5 Å². The fraction of sp³-hybridized carbons (Fsp3) is 0.143. The van der Waals surface area contributed by atoms with E-state index in [0.717, 1.165) is 29.0 Å². The van der Waals surface area contributed by atoms with E-state index in [-0.39, 0.29) is 11.3 Å². The maximum Gasteiger partial charge on any atom is 0.308 e. The standard InChI is InChI=1S/C14H11F2NO3/c1-8-5-12(18)9(6-13(19)20)7-17(8)14-10(15)3-2-4-11(14)16/h2-5,7H,6H2,1H3,(H,19,20). The molecule has 0 radical (unpaired) electrons. The molecule has 0 spiro atoms. The fourth-order valence-electron chi connectivity index (χ4n) is 1.93. The highest BCUT2D eigenvalue weighted by Gasteiger charge is 2.14. The van der Waals surface area contributed by atoms with Crippen LogP contribution in [0.4, 0.5) is 8.78 Å².